The minimum atomic E-state index is -0.338. The van der Waals surface area contributed by atoms with Crippen molar-refractivity contribution < 1.29 is 9.47 Å². The SMILES string of the molecule is CCCCCCCCCC1(C)OCC(CN(CCCC)CCCC)O1. The lowest BCUT2D eigenvalue weighted by atomic mass is 10.1. The van der Waals surface area contributed by atoms with Crippen molar-refractivity contribution in [1.82, 2.24) is 4.90 Å². The third-order valence-corrected chi connectivity index (χ3v) is 5.34. The van der Waals surface area contributed by atoms with Crippen LogP contribution in [0.25, 0.3) is 0 Å². The van der Waals surface area contributed by atoms with E-state index in [-0.39, 0.29) is 11.9 Å². The molecule has 0 N–H and O–H groups in total. The van der Waals surface area contributed by atoms with E-state index in [0.29, 0.717) is 0 Å². The van der Waals surface area contributed by atoms with Gasteiger partial charge in [-0.1, -0.05) is 72.1 Å². The first-order valence-corrected chi connectivity index (χ1v) is 11.2. The summed E-state index contributed by atoms with van der Waals surface area (Å²) in [6.45, 7) is 13.2. The normalized spacial score (nSPS) is 23.6. The lowest BCUT2D eigenvalue weighted by molar-refractivity contribution is -0.160. The molecule has 1 aliphatic rings. The van der Waals surface area contributed by atoms with Crippen LogP contribution in [0.2, 0.25) is 0 Å². The Labute approximate surface area is 157 Å². The lowest BCUT2D eigenvalue weighted by Gasteiger charge is -2.27. The van der Waals surface area contributed by atoms with Gasteiger partial charge in [-0.25, -0.2) is 0 Å². The van der Waals surface area contributed by atoms with Gasteiger partial charge in [-0.3, -0.25) is 0 Å². The quantitative estimate of drug-likeness (QED) is 0.309. The molecule has 2 atom stereocenters. The third kappa shape index (κ3) is 10.6. The van der Waals surface area contributed by atoms with Crippen molar-refractivity contribution in [2.45, 2.75) is 117 Å². The average Bonchev–Trinajstić information content (AvgIpc) is 2.97. The van der Waals surface area contributed by atoms with Gasteiger partial charge in [0.15, 0.2) is 5.79 Å². The average molecular weight is 356 g/mol. The number of rotatable bonds is 16. The van der Waals surface area contributed by atoms with Gasteiger partial charge in [-0.05, 0) is 39.3 Å². The van der Waals surface area contributed by atoms with E-state index in [2.05, 4.69) is 32.6 Å². The van der Waals surface area contributed by atoms with E-state index in [9.17, 15) is 0 Å². The van der Waals surface area contributed by atoms with Crippen molar-refractivity contribution in [3.05, 3.63) is 0 Å². The van der Waals surface area contributed by atoms with Gasteiger partial charge in [-0.15, -0.1) is 0 Å². The maximum Gasteiger partial charge on any atom is 0.166 e. The number of ether oxygens (including phenoxy) is 2. The highest BCUT2D eigenvalue weighted by atomic mass is 16.7. The molecule has 0 saturated carbocycles. The molecule has 150 valence electrons. The zero-order chi connectivity index (χ0) is 18.4. The summed E-state index contributed by atoms with van der Waals surface area (Å²) in [5.41, 5.74) is 0. The number of nitrogens with zero attached hydrogens (tertiary/aromatic N) is 1. The van der Waals surface area contributed by atoms with Gasteiger partial charge in [-0.2, -0.15) is 0 Å². The van der Waals surface area contributed by atoms with Crippen LogP contribution in [0.5, 0.6) is 0 Å². The van der Waals surface area contributed by atoms with Gasteiger partial charge < -0.3 is 14.4 Å². The standard InChI is InChI=1S/C22H45NO2/c1-5-8-11-12-13-14-15-16-22(4)24-20-21(25-22)19-23(17-9-6-2)18-10-7-3/h21H,5-20H2,1-4H3. The first-order chi connectivity index (χ1) is 12.1. The molecule has 2 unspecified atom stereocenters. The van der Waals surface area contributed by atoms with E-state index in [1.807, 2.05) is 0 Å². The molecule has 1 heterocycles. The van der Waals surface area contributed by atoms with Crippen LogP contribution in [0.1, 0.15) is 105 Å². The van der Waals surface area contributed by atoms with E-state index in [1.54, 1.807) is 0 Å². The maximum absolute atomic E-state index is 6.32. The number of unbranched alkanes of at least 4 members (excludes halogenated alkanes) is 8. The Morgan fingerprint density at radius 3 is 1.96 bits per heavy atom. The number of hydrogen-bond donors (Lipinski definition) is 0. The summed E-state index contributed by atoms with van der Waals surface area (Å²) in [7, 11) is 0. The van der Waals surface area contributed by atoms with Crippen molar-refractivity contribution in [3.63, 3.8) is 0 Å². The summed E-state index contributed by atoms with van der Waals surface area (Å²) in [6.07, 6.45) is 15.8. The summed E-state index contributed by atoms with van der Waals surface area (Å²) in [5.74, 6) is -0.338. The third-order valence-electron chi connectivity index (χ3n) is 5.34. The highest BCUT2D eigenvalue weighted by molar-refractivity contribution is 4.78. The van der Waals surface area contributed by atoms with Gasteiger partial charge in [0.25, 0.3) is 0 Å². The number of hydrogen-bond acceptors (Lipinski definition) is 3. The molecule has 0 radical (unpaired) electrons. The molecule has 1 rings (SSSR count). The van der Waals surface area contributed by atoms with Crippen molar-refractivity contribution >= 4 is 0 Å². The van der Waals surface area contributed by atoms with Gasteiger partial charge in [0.2, 0.25) is 0 Å². The van der Waals surface area contributed by atoms with Crippen molar-refractivity contribution in [2.75, 3.05) is 26.2 Å². The highest BCUT2D eigenvalue weighted by Crippen LogP contribution is 2.29. The molecule has 0 aliphatic carbocycles. The Hall–Kier alpha value is -0.120. The van der Waals surface area contributed by atoms with Crippen molar-refractivity contribution in [1.29, 1.82) is 0 Å². The molecule has 0 spiro atoms. The second kappa shape index (κ2) is 14.0. The Balaban J connectivity index is 2.22. The molecule has 0 bridgehead atoms. The molecule has 0 aromatic heterocycles. The zero-order valence-corrected chi connectivity index (χ0v) is 17.7. The molecule has 0 aromatic rings. The van der Waals surface area contributed by atoms with Crippen LogP contribution >= 0.6 is 0 Å². The molecule has 1 aliphatic heterocycles. The molecule has 3 nitrogen and oxygen atoms in total. The molecule has 0 amide bonds. The second-order valence-electron chi connectivity index (χ2n) is 8.06. The lowest BCUT2D eigenvalue weighted by Crippen LogP contribution is -2.36. The van der Waals surface area contributed by atoms with Gasteiger partial charge >= 0.3 is 0 Å². The minimum Gasteiger partial charge on any atom is -0.347 e. The van der Waals surface area contributed by atoms with E-state index in [1.165, 1.54) is 83.7 Å². The Bertz CT molecular complexity index is 302. The van der Waals surface area contributed by atoms with E-state index >= 15 is 0 Å². The Morgan fingerprint density at radius 2 is 1.36 bits per heavy atom. The monoisotopic (exact) mass is 355 g/mol. The molecular formula is C22H45NO2. The van der Waals surface area contributed by atoms with E-state index in [4.69, 9.17) is 9.47 Å². The van der Waals surface area contributed by atoms with E-state index < -0.39 is 0 Å². The topological polar surface area (TPSA) is 21.7 Å². The molecule has 3 heteroatoms. The second-order valence-corrected chi connectivity index (χ2v) is 8.06. The first kappa shape index (κ1) is 22.9. The first-order valence-electron chi connectivity index (χ1n) is 11.2. The largest absolute Gasteiger partial charge is 0.347 e. The Kier molecular flexibility index (Phi) is 12.8. The minimum absolute atomic E-state index is 0.253. The van der Waals surface area contributed by atoms with Crippen LogP contribution in [0, 0.1) is 0 Å². The molecular weight excluding hydrogens is 310 g/mol. The van der Waals surface area contributed by atoms with Crippen molar-refractivity contribution in [3.8, 4) is 0 Å². The zero-order valence-electron chi connectivity index (χ0n) is 17.7. The molecule has 0 aromatic carbocycles. The fraction of sp³-hybridized carbons (Fsp3) is 1.00. The van der Waals surface area contributed by atoms with Crippen LogP contribution in [-0.4, -0.2) is 43.0 Å². The van der Waals surface area contributed by atoms with Gasteiger partial charge in [0.1, 0.15) is 0 Å². The predicted molar refractivity (Wildman–Crippen MR) is 108 cm³/mol. The predicted octanol–water partition coefficient (Wildman–Crippen LogP) is 6.16. The van der Waals surface area contributed by atoms with Crippen LogP contribution in [0.15, 0.2) is 0 Å². The van der Waals surface area contributed by atoms with Gasteiger partial charge in [0.05, 0.1) is 12.7 Å². The van der Waals surface area contributed by atoms with Gasteiger partial charge in [0, 0.05) is 13.0 Å². The molecule has 1 saturated heterocycles. The summed E-state index contributed by atoms with van der Waals surface area (Å²) in [4.78, 5) is 2.58. The maximum atomic E-state index is 6.32. The van der Waals surface area contributed by atoms with Crippen LogP contribution in [-0.2, 0) is 9.47 Å². The fourth-order valence-electron chi connectivity index (χ4n) is 3.66. The van der Waals surface area contributed by atoms with Crippen molar-refractivity contribution in [2.24, 2.45) is 0 Å². The fourth-order valence-corrected chi connectivity index (χ4v) is 3.66. The summed E-state index contributed by atoms with van der Waals surface area (Å²) < 4.78 is 12.4. The Morgan fingerprint density at radius 1 is 0.800 bits per heavy atom. The summed E-state index contributed by atoms with van der Waals surface area (Å²) >= 11 is 0. The molecule has 25 heavy (non-hydrogen) atoms. The smallest absolute Gasteiger partial charge is 0.166 e. The van der Waals surface area contributed by atoms with Crippen LogP contribution in [0.3, 0.4) is 0 Å². The van der Waals surface area contributed by atoms with Crippen LogP contribution < -0.4 is 0 Å². The summed E-state index contributed by atoms with van der Waals surface area (Å²) in [5, 5.41) is 0. The highest BCUT2D eigenvalue weighted by Gasteiger charge is 2.37. The molecule has 1 fully saturated rings. The van der Waals surface area contributed by atoms with Crippen LogP contribution in [0.4, 0.5) is 0 Å². The van der Waals surface area contributed by atoms with E-state index in [0.717, 1.165) is 19.6 Å². The summed E-state index contributed by atoms with van der Waals surface area (Å²) in [6, 6.07) is 0.